The van der Waals surface area contributed by atoms with Gasteiger partial charge < -0.3 is 9.31 Å². The lowest BCUT2D eigenvalue weighted by Gasteiger charge is -2.32. The molecule has 0 unspecified atom stereocenters. The van der Waals surface area contributed by atoms with E-state index in [9.17, 15) is 13.2 Å². The van der Waals surface area contributed by atoms with Crippen LogP contribution in [0.2, 0.25) is 0 Å². The summed E-state index contributed by atoms with van der Waals surface area (Å²) in [6, 6.07) is 0. The topological polar surface area (TPSA) is 36.3 Å². The third-order valence-electron chi connectivity index (χ3n) is 3.89. The minimum absolute atomic E-state index is 0.0713. The molecule has 0 amide bonds. The van der Waals surface area contributed by atoms with Gasteiger partial charge in [0.15, 0.2) is 5.69 Å². The molecular formula is C12H18BF3N2O2. The first kappa shape index (κ1) is 15.4. The van der Waals surface area contributed by atoms with Gasteiger partial charge in [-0.15, -0.1) is 0 Å². The highest BCUT2D eigenvalue weighted by Gasteiger charge is 2.54. The van der Waals surface area contributed by atoms with Crippen LogP contribution >= 0.6 is 0 Å². The summed E-state index contributed by atoms with van der Waals surface area (Å²) in [5, 5.41) is 3.57. The van der Waals surface area contributed by atoms with Crippen LogP contribution < -0.4 is 5.46 Å². The molecule has 1 saturated heterocycles. The molecule has 0 N–H and O–H groups in total. The second-order valence-electron chi connectivity index (χ2n) is 5.87. The Morgan fingerprint density at radius 2 is 1.70 bits per heavy atom. The maximum Gasteiger partial charge on any atom is 0.498 e. The van der Waals surface area contributed by atoms with Crippen LogP contribution in [0, 0.1) is 0 Å². The molecule has 1 aliphatic rings. The molecule has 4 nitrogen and oxygen atoms in total. The fraction of sp³-hybridized carbons (Fsp3) is 0.750. The Labute approximate surface area is 116 Å². The molecule has 0 aromatic carbocycles. The zero-order valence-electron chi connectivity index (χ0n) is 12.2. The lowest BCUT2D eigenvalue weighted by molar-refractivity contribution is -0.140. The second kappa shape index (κ2) is 4.49. The van der Waals surface area contributed by atoms with E-state index in [4.69, 9.17) is 9.31 Å². The molecule has 1 aromatic heterocycles. The number of halogens is 3. The molecule has 112 valence electrons. The minimum Gasteiger partial charge on any atom is -0.399 e. The van der Waals surface area contributed by atoms with Crippen molar-refractivity contribution in [2.24, 2.45) is 0 Å². The van der Waals surface area contributed by atoms with Crippen LogP contribution in [-0.2, 0) is 22.0 Å². The Bertz CT molecular complexity index is 495. The van der Waals surface area contributed by atoms with E-state index >= 15 is 0 Å². The average Bonchev–Trinajstić information content (AvgIpc) is 2.78. The smallest absolute Gasteiger partial charge is 0.399 e. The van der Waals surface area contributed by atoms with E-state index in [2.05, 4.69) is 5.10 Å². The molecular weight excluding hydrogens is 272 g/mol. The molecule has 20 heavy (non-hydrogen) atoms. The predicted molar refractivity (Wildman–Crippen MR) is 68.6 cm³/mol. The lowest BCUT2D eigenvalue weighted by atomic mass is 9.79. The molecule has 2 rings (SSSR count). The summed E-state index contributed by atoms with van der Waals surface area (Å²) in [5.41, 5.74) is -2.39. The van der Waals surface area contributed by atoms with E-state index in [1.54, 1.807) is 34.6 Å². The molecule has 1 fully saturated rings. The first-order valence-electron chi connectivity index (χ1n) is 6.48. The van der Waals surface area contributed by atoms with E-state index < -0.39 is 30.2 Å². The van der Waals surface area contributed by atoms with E-state index in [0.29, 0.717) is 6.54 Å². The molecule has 2 heterocycles. The fourth-order valence-electron chi connectivity index (χ4n) is 1.96. The third-order valence-corrected chi connectivity index (χ3v) is 3.89. The Kier molecular flexibility index (Phi) is 3.45. The first-order chi connectivity index (χ1) is 8.98. The highest BCUT2D eigenvalue weighted by atomic mass is 19.4. The molecule has 0 bridgehead atoms. The van der Waals surface area contributed by atoms with Gasteiger partial charge >= 0.3 is 13.3 Å². The van der Waals surface area contributed by atoms with Crippen LogP contribution in [0.5, 0.6) is 0 Å². The van der Waals surface area contributed by atoms with Crippen molar-refractivity contribution in [2.45, 2.75) is 58.5 Å². The molecule has 0 spiro atoms. The van der Waals surface area contributed by atoms with Crippen molar-refractivity contribution < 1.29 is 22.5 Å². The van der Waals surface area contributed by atoms with Crippen molar-refractivity contribution in [3.05, 3.63) is 11.9 Å². The summed E-state index contributed by atoms with van der Waals surface area (Å²) < 4.78 is 51.7. The van der Waals surface area contributed by atoms with Crippen LogP contribution in [0.15, 0.2) is 6.20 Å². The summed E-state index contributed by atoms with van der Waals surface area (Å²) in [6.45, 7) is 9.26. The van der Waals surface area contributed by atoms with E-state index in [1.807, 2.05) is 0 Å². The SMILES string of the molecule is CCn1cc(B2OC(C)(C)C(C)(C)O2)c(C(F)(F)F)n1. The summed E-state index contributed by atoms with van der Waals surface area (Å²) in [7, 11) is -1.06. The monoisotopic (exact) mass is 290 g/mol. The number of nitrogens with zero attached hydrogens (tertiary/aromatic N) is 2. The molecule has 0 atom stereocenters. The van der Waals surface area contributed by atoms with Crippen molar-refractivity contribution in [2.75, 3.05) is 0 Å². The zero-order valence-corrected chi connectivity index (χ0v) is 12.2. The van der Waals surface area contributed by atoms with Crippen molar-refractivity contribution in [1.82, 2.24) is 9.78 Å². The number of hydrogen-bond acceptors (Lipinski definition) is 3. The Balaban J connectivity index is 2.42. The van der Waals surface area contributed by atoms with Gasteiger partial charge in [-0.1, -0.05) is 0 Å². The van der Waals surface area contributed by atoms with Crippen LogP contribution in [0.4, 0.5) is 13.2 Å². The zero-order chi connectivity index (χ0) is 15.3. The number of aromatic nitrogens is 2. The molecule has 0 radical (unpaired) electrons. The van der Waals surface area contributed by atoms with Gasteiger partial charge in [0.05, 0.1) is 11.2 Å². The maximum atomic E-state index is 13.0. The van der Waals surface area contributed by atoms with Crippen LogP contribution in [0.25, 0.3) is 0 Å². The predicted octanol–water partition coefficient (Wildman–Crippen LogP) is 2.22. The van der Waals surface area contributed by atoms with E-state index in [0.717, 1.165) is 0 Å². The summed E-state index contributed by atoms with van der Waals surface area (Å²) in [5.74, 6) is 0. The average molecular weight is 290 g/mol. The highest BCUT2D eigenvalue weighted by Crippen LogP contribution is 2.37. The van der Waals surface area contributed by atoms with E-state index in [1.165, 1.54) is 10.9 Å². The largest absolute Gasteiger partial charge is 0.498 e. The number of aryl methyl sites for hydroxylation is 1. The van der Waals surface area contributed by atoms with Gasteiger partial charge in [0.2, 0.25) is 0 Å². The standard InChI is InChI=1S/C12H18BF3N2O2/c1-6-18-7-8(9(17-18)12(14,15)16)13-19-10(2,3)11(4,5)20-13/h7H,6H2,1-5H3. The van der Waals surface area contributed by atoms with E-state index in [-0.39, 0.29) is 5.46 Å². The van der Waals surface area contributed by atoms with Gasteiger partial charge in [-0.05, 0) is 34.6 Å². The number of alkyl halides is 3. The van der Waals surface area contributed by atoms with Gasteiger partial charge in [-0.3, -0.25) is 4.68 Å². The van der Waals surface area contributed by atoms with Gasteiger partial charge in [0, 0.05) is 18.2 Å². The Morgan fingerprint density at radius 1 is 1.20 bits per heavy atom. The Morgan fingerprint density at radius 3 is 2.10 bits per heavy atom. The van der Waals surface area contributed by atoms with Gasteiger partial charge in [0.25, 0.3) is 0 Å². The minimum atomic E-state index is -4.53. The third kappa shape index (κ3) is 2.46. The van der Waals surface area contributed by atoms with Crippen molar-refractivity contribution in [3.8, 4) is 0 Å². The molecule has 1 aliphatic heterocycles. The Hall–Kier alpha value is -1.02. The number of rotatable bonds is 2. The summed E-state index contributed by atoms with van der Waals surface area (Å²) in [4.78, 5) is 0. The van der Waals surface area contributed by atoms with Crippen molar-refractivity contribution >= 4 is 12.6 Å². The van der Waals surface area contributed by atoms with Gasteiger partial charge in [-0.25, -0.2) is 0 Å². The summed E-state index contributed by atoms with van der Waals surface area (Å²) >= 11 is 0. The van der Waals surface area contributed by atoms with Crippen LogP contribution in [0.1, 0.15) is 40.3 Å². The normalized spacial score (nSPS) is 21.5. The molecule has 0 aliphatic carbocycles. The molecule has 0 saturated carbocycles. The molecule has 1 aromatic rings. The van der Waals surface area contributed by atoms with Crippen molar-refractivity contribution in [3.63, 3.8) is 0 Å². The second-order valence-corrected chi connectivity index (χ2v) is 5.87. The van der Waals surface area contributed by atoms with Crippen molar-refractivity contribution in [1.29, 1.82) is 0 Å². The van der Waals surface area contributed by atoms with Crippen LogP contribution in [-0.4, -0.2) is 28.1 Å². The van der Waals surface area contributed by atoms with Crippen LogP contribution in [0.3, 0.4) is 0 Å². The number of hydrogen-bond donors (Lipinski definition) is 0. The highest BCUT2D eigenvalue weighted by molar-refractivity contribution is 6.62. The van der Waals surface area contributed by atoms with Gasteiger partial charge in [-0.2, -0.15) is 18.3 Å². The van der Waals surface area contributed by atoms with Gasteiger partial charge in [0.1, 0.15) is 0 Å². The summed E-state index contributed by atoms with van der Waals surface area (Å²) in [6.07, 6.45) is -3.19. The fourth-order valence-corrected chi connectivity index (χ4v) is 1.96. The maximum absolute atomic E-state index is 13.0. The quantitative estimate of drug-likeness (QED) is 0.784. The molecule has 8 heteroatoms. The lowest BCUT2D eigenvalue weighted by Crippen LogP contribution is -2.41. The first-order valence-corrected chi connectivity index (χ1v) is 6.48.